The summed E-state index contributed by atoms with van der Waals surface area (Å²) in [7, 11) is 0. The lowest BCUT2D eigenvalue weighted by Gasteiger charge is -2.24. The lowest BCUT2D eigenvalue weighted by atomic mass is 10.1. The number of benzene rings is 4. The van der Waals surface area contributed by atoms with Crippen molar-refractivity contribution in [2.75, 3.05) is 5.32 Å². The van der Waals surface area contributed by atoms with E-state index in [1.807, 2.05) is 18.2 Å². The molecule has 4 aromatic rings. The van der Waals surface area contributed by atoms with Gasteiger partial charge < -0.3 is 19.9 Å². The second kappa shape index (κ2) is 11.8. The Labute approximate surface area is 226 Å². The molecule has 10 heteroatoms. The van der Waals surface area contributed by atoms with Crippen LogP contribution in [0.15, 0.2) is 91.0 Å². The highest BCUT2D eigenvalue weighted by Crippen LogP contribution is 2.25. The highest BCUT2D eigenvalue weighted by atomic mass is 35.5. The second-order valence-electron chi connectivity index (χ2n) is 7.97. The maximum Gasteiger partial charge on any atom is 0.349 e. The number of nitrogens with one attached hydrogen (secondary N) is 1. The predicted octanol–water partition coefficient (Wildman–Crippen LogP) is 5.62. The first-order valence-electron chi connectivity index (χ1n) is 11.2. The monoisotopic (exact) mass is 551 g/mol. The Bertz CT molecular complexity index is 1530. The molecule has 2 atom stereocenters. The van der Waals surface area contributed by atoms with Gasteiger partial charge in [-0.1, -0.05) is 83.9 Å². The van der Waals surface area contributed by atoms with Gasteiger partial charge in [-0.05, 0) is 35.7 Å². The van der Waals surface area contributed by atoms with Gasteiger partial charge in [0.25, 0.3) is 5.91 Å². The van der Waals surface area contributed by atoms with E-state index in [2.05, 4.69) is 5.32 Å². The summed E-state index contributed by atoms with van der Waals surface area (Å²) in [6.45, 7) is 0. The average molecular weight is 552 g/mol. The van der Waals surface area contributed by atoms with Crippen LogP contribution in [0.4, 0.5) is 5.69 Å². The van der Waals surface area contributed by atoms with Crippen molar-refractivity contribution in [2.45, 2.75) is 12.2 Å². The molecule has 0 aliphatic heterocycles. The molecule has 0 aliphatic carbocycles. The van der Waals surface area contributed by atoms with Gasteiger partial charge in [0.05, 0.1) is 21.2 Å². The Morgan fingerprint density at radius 2 is 1.16 bits per heavy atom. The highest BCUT2D eigenvalue weighted by molar-refractivity contribution is 6.34. The molecule has 0 heterocycles. The molecule has 0 saturated heterocycles. The number of rotatable bonds is 8. The Hall–Kier alpha value is -4.40. The van der Waals surface area contributed by atoms with E-state index in [1.54, 1.807) is 36.4 Å². The molecular formula is C28H19Cl2NO7. The number of carboxylic acids is 1. The summed E-state index contributed by atoms with van der Waals surface area (Å²) in [5.74, 6) is -4.98. The fourth-order valence-electron chi connectivity index (χ4n) is 3.64. The summed E-state index contributed by atoms with van der Waals surface area (Å²) in [5.41, 5.74) is 0.0817. The molecule has 0 fully saturated rings. The van der Waals surface area contributed by atoms with E-state index in [9.17, 15) is 24.3 Å². The molecule has 0 spiro atoms. The van der Waals surface area contributed by atoms with Crippen LogP contribution in [-0.2, 0) is 19.1 Å². The number of amides is 1. The van der Waals surface area contributed by atoms with Crippen molar-refractivity contribution < 1.29 is 33.8 Å². The molecule has 0 radical (unpaired) electrons. The Morgan fingerprint density at radius 1 is 0.658 bits per heavy atom. The van der Waals surface area contributed by atoms with Gasteiger partial charge in [0.2, 0.25) is 12.2 Å². The molecular weight excluding hydrogens is 533 g/mol. The zero-order valence-corrected chi connectivity index (χ0v) is 21.0. The second-order valence-corrected chi connectivity index (χ2v) is 8.78. The first kappa shape index (κ1) is 26.7. The number of carboxylic acid groups (broad SMARTS) is 1. The molecule has 38 heavy (non-hydrogen) atoms. The first-order chi connectivity index (χ1) is 18.3. The Kier molecular flexibility index (Phi) is 8.25. The minimum Gasteiger partial charge on any atom is -0.478 e. The first-order valence-corrected chi connectivity index (χ1v) is 11.9. The van der Waals surface area contributed by atoms with Gasteiger partial charge in [-0.15, -0.1) is 0 Å². The number of esters is 2. The minimum absolute atomic E-state index is 0.00598. The van der Waals surface area contributed by atoms with Gasteiger partial charge in [0.1, 0.15) is 0 Å². The SMILES string of the molecule is O=C(O[C@H](C(=O)Nc1cccc2ccccc12)[C@@H](OC(=O)c1ccccc1Cl)C(=O)O)c1ccccc1Cl. The molecule has 0 bridgehead atoms. The average Bonchev–Trinajstić information content (AvgIpc) is 2.91. The van der Waals surface area contributed by atoms with Gasteiger partial charge in [-0.3, -0.25) is 4.79 Å². The molecule has 4 rings (SSSR count). The van der Waals surface area contributed by atoms with Crippen LogP contribution >= 0.6 is 23.2 Å². The summed E-state index contributed by atoms with van der Waals surface area (Å²) in [4.78, 5) is 51.4. The number of ether oxygens (including phenoxy) is 2. The summed E-state index contributed by atoms with van der Waals surface area (Å²) < 4.78 is 10.5. The minimum atomic E-state index is -2.22. The van der Waals surface area contributed by atoms with Crippen LogP contribution in [-0.4, -0.2) is 41.1 Å². The molecule has 0 saturated carbocycles. The molecule has 1 amide bonds. The fourth-order valence-corrected chi connectivity index (χ4v) is 4.07. The quantitative estimate of drug-likeness (QED) is 0.272. The third-order valence-corrected chi connectivity index (χ3v) is 6.14. The van der Waals surface area contributed by atoms with Crippen molar-refractivity contribution in [3.63, 3.8) is 0 Å². The van der Waals surface area contributed by atoms with Gasteiger partial charge >= 0.3 is 17.9 Å². The van der Waals surface area contributed by atoms with E-state index in [4.69, 9.17) is 32.7 Å². The number of carbonyl (C=O) groups excluding carboxylic acids is 3. The molecule has 0 aromatic heterocycles. The summed E-state index contributed by atoms with van der Waals surface area (Å²) in [6.07, 6.45) is -4.32. The van der Waals surface area contributed by atoms with E-state index in [0.29, 0.717) is 11.1 Å². The molecule has 192 valence electrons. The third kappa shape index (κ3) is 5.94. The zero-order chi connectivity index (χ0) is 27.2. The maximum atomic E-state index is 13.4. The van der Waals surface area contributed by atoms with E-state index in [-0.39, 0.29) is 21.2 Å². The van der Waals surface area contributed by atoms with Crippen LogP contribution < -0.4 is 5.32 Å². The van der Waals surface area contributed by atoms with Crippen molar-refractivity contribution in [1.29, 1.82) is 0 Å². The fraction of sp³-hybridized carbons (Fsp3) is 0.0714. The van der Waals surface area contributed by atoms with Gasteiger partial charge in [0, 0.05) is 11.1 Å². The largest absolute Gasteiger partial charge is 0.478 e. The lowest BCUT2D eigenvalue weighted by Crippen LogP contribution is -2.48. The van der Waals surface area contributed by atoms with Gasteiger partial charge in [-0.2, -0.15) is 0 Å². The summed E-state index contributed by atoms with van der Waals surface area (Å²) >= 11 is 12.1. The Balaban J connectivity index is 1.70. The number of fused-ring (bicyclic) bond motifs is 1. The standard InChI is InChI=1S/C28H19Cl2NO7/c29-20-13-5-3-11-18(20)27(35)37-23(24(26(33)34)38-28(36)19-12-4-6-14-21(19)30)25(32)31-22-15-7-9-16-8-1-2-10-17(16)22/h1-15,23-24H,(H,31,32)(H,33,34)/t23-,24+/m0/s1. The molecule has 0 aliphatic rings. The van der Waals surface area contributed by atoms with Crippen molar-refractivity contribution in [3.8, 4) is 0 Å². The van der Waals surface area contributed by atoms with E-state index >= 15 is 0 Å². The number of hydrogen-bond donors (Lipinski definition) is 2. The van der Waals surface area contributed by atoms with Gasteiger partial charge in [0.15, 0.2) is 0 Å². The number of hydrogen-bond acceptors (Lipinski definition) is 6. The van der Waals surface area contributed by atoms with E-state index in [1.165, 1.54) is 36.4 Å². The smallest absolute Gasteiger partial charge is 0.349 e. The van der Waals surface area contributed by atoms with Crippen LogP contribution in [0.1, 0.15) is 20.7 Å². The highest BCUT2D eigenvalue weighted by Gasteiger charge is 2.41. The van der Waals surface area contributed by atoms with E-state index in [0.717, 1.165) is 5.39 Å². The summed E-state index contributed by atoms with van der Waals surface area (Å²) in [5, 5.41) is 14.0. The van der Waals surface area contributed by atoms with Crippen LogP contribution in [0.2, 0.25) is 10.0 Å². The van der Waals surface area contributed by atoms with Crippen LogP contribution in [0.25, 0.3) is 10.8 Å². The van der Waals surface area contributed by atoms with Crippen molar-refractivity contribution in [2.24, 2.45) is 0 Å². The predicted molar refractivity (Wildman–Crippen MR) is 142 cm³/mol. The maximum absolute atomic E-state index is 13.4. The third-order valence-electron chi connectivity index (χ3n) is 5.48. The number of halogens is 2. The topological polar surface area (TPSA) is 119 Å². The molecule has 8 nitrogen and oxygen atoms in total. The normalized spacial score (nSPS) is 12.3. The Morgan fingerprint density at radius 3 is 1.74 bits per heavy atom. The van der Waals surface area contributed by atoms with Crippen LogP contribution in [0.3, 0.4) is 0 Å². The number of anilines is 1. The van der Waals surface area contributed by atoms with E-state index < -0.39 is 36.0 Å². The molecule has 2 N–H and O–H groups in total. The number of aliphatic carboxylic acids is 1. The summed E-state index contributed by atoms with van der Waals surface area (Å²) in [6, 6.07) is 23.9. The van der Waals surface area contributed by atoms with Gasteiger partial charge in [-0.25, -0.2) is 14.4 Å². The van der Waals surface area contributed by atoms with Crippen molar-refractivity contribution in [1.82, 2.24) is 0 Å². The van der Waals surface area contributed by atoms with Crippen LogP contribution in [0, 0.1) is 0 Å². The zero-order valence-electron chi connectivity index (χ0n) is 19.5. The molecule has 0 unspecified atom stereocenters. The molecule has 4 aromatic carbocycles. The van der Waals surface area contributed by atoms with Crippen molar-refractivity contribution in [3.05, 3.63) is 112 Å². The lowest BCUT2D eigenvalue weighted by molar-refractivity contribution is -0.157. The number of carbonyl (C=O) groups is 4. The van der Waals surface area contributed by atoms with Crippen molar-refractivity contribution >= 4 is 63.5 Å². The van der Waals surface area contributed by atoms with Crippen LogP contribution in [0.5, 0.6) is 0 Å².